The van der Waals surface area contributed by atoms with E-state index in [-0.39, 0.29) is 18.1 Å². The maximum Gasteiger partial charge on any atom is 0.329 e. The molecule has 4 rings (SSSR count). The Balaban J connectivity index is 1.66. The summed E-state index contributed by atoms with van der Waals surface area (Å²) >= 11 is 0. The van der Waals surface area contributed by atoms with Gasteiger partial charge < -0.3 is 9.80 Å². The van der Waals surface area contributed by atoms with Crippen LogP contribution in [0.5, 0.6) is 0 Å². The first-order chi connectivity index (χ1) is 13.1. The van der Waals surface area contributed by atoms with Crippen LogP contribution in [0.1, 0.15) is 12.8 Å². The number of hydrogen-bond donors (Lipinski definition) is 0. The summed E-state index contributed by atoms with van der Waals surface area (Å²) in [6.07, 6.45) is 2.61. The Morgan fingerprint density at radius 1 is 0.889 bits per heavy atom. The molecule has 0 aromatic heterocycles. The van der Waals surface area contributed by atoms with Crippen molar-refractivity contribution in [3.05, 3.63) is 60.2 Å². The van der Waals surface area contributed by atoms with Gasteiger partial charge in [-0.25, -0.2) is 13.6 Å². The highest BCUT2D eigenvalue weighted by atomic mass is 19.1. The first-order valence-corrected chi connectivity index (χ1v) is 8.89. The Kier molecular flexibility index (Phi) is 4.51. The van der Waals surface area contributed by atoms with E-state index in [0.29, 0.717) is 24.5 Å². The largest absolute Gasteiger partial charge is 0.336 e. The molecule has 2 aromatic rings. The third kappa shape index (κ3) is 3.25. The lowest BCUT2D eigenvalue weighted by molar-refractivity contribution is -0.122. The van der Waals surface area contributed by atoms with Crippen molar-refractivity contribution in [2.45, 2.75) is 24.9 Å². The summed E-state index contributed by atoms with van der Waals surface area (Å²) in [5, 5.41) is 0. The number of amides is 3. The molecule has 0 N–H and O–H groups in total. The number of likely N-dealkylation sites (tertiary alicyclic amines) is 1. The summed E-state index contributed by atoms with van der Waals surface area (Å²) in [4.78, 5) is 29.6. The van der Waals surface area contributed by atoms with Crippen molar-refractivity contribution in [3.8, 4) is 0 Å². The fourth-order valence-electron chi connectivity index (χ4n) is 3.96. The van der Waals surface area contributed by atoms with E-state index in [2.05, 4.69) is 0 Å². The van der Waals surface area contributed by atoms with Crippen molar-refractivity contribution in [1.82, 2.24) is 9.80 Å². The number of halogens is 2. The summed E-state index contributed by atoms with van der Waals surface area (Å²) in [6, 6.07) is 11.0. The number of carbonyl (C=O) groups is 2. The number of fused-ring (bicyclic) bond motifs is 2. The van der Waals surface area contributed by atoms with E-state index in [1.807, 2.05) is 0 Å². The highest BCUT2D eigenvalue weighted by Gasteiger charge is 2.41. The molecule has 140 valence electrons. The first kappa shape index (κ1) is 17.5. The normalized spacial score (nSPS) is 21.3. The topological polar surface area (TPSA) is 43.9 Å². The van der Waals surface area contributed by atoms with Crippen LogP contribution >= 0.6 is 0 Å². The number of benzene rings is 2. The molecule has 0 radical (unpaired) electrons. The maximum absolute atomic E-state index is 13.4. The molecule has 7 heteroatoms. The van der Waals surface area contributed by atoms with Gasteiger partial charge in [0, 0.05) is 25.2 Å². The lowest BCUT2D eigenvalue weighted by atomic mass is 10.2. The minimum absolute atomic E-state index is 0.0217. The zero-order valence-corrected chi connectivity index (χ0v) is 14.6. The van der Waals surface area contributed by atoms with Crippen molar-refractivity contribution in [2.75, 3.05) is 18.0 Å². The minimum atomic E-state index is -0.400. The third-order valence-corrected chi connectivity index (χ3v) is 5.29. The Hall–Kier alpha value is -2.96. The lowest BCUT2D eigenvalue weighted by Gasteiger charge is -2.41. The van der Waals surface area contributed by atoms with E-state index in [9.17, 15) is 18.4 Å². The van der Waals surface area contributed by atoms with Crippen LogP contribution in [0.3, 0.4) is 0 Å². The average molecular weight is 371 g/mol. The van der Waals surface area contributed by atoms with Crippen LogP contribution in [0, 0.1) is 11.6 Å². The molecule has 0 spiro atoms. The molecule has 2 atom stereocenters. The summed E-state index contributed by atoms with van der Waals surface area (Å²) in [5.74, 6) is -0.800. The van der Waals surface area contributed by atoms with Crippen LogP contribution < -0.4 is 4.90 Å². The molecule has 2 aliphatic rings. The van der Waals surface area contributed by atoms with Gasteiger partial charge in [-0.3, -0.25) is 9.69 Å². The molecule has 3 amide bonds. The van der Waals surface area contributed by atoms with Gasteiger partial charge in [0.25, 0.3) is 0 Å². The van der Waals surface area contributed by atoms with Crippen molar-refractivity contribution in [3.63, 3.8) is 0 Å². The molecule has 2 bridgehead atoms. The predicted molar refractivity (Wildman–Crippen MR) is 96.6 cm³/mol. The monoisotopic (exact) mass is 371 g/mol. The summed E-state index contributed by atoms with van der Waals surface area (Å²) < 4.78 is 26.7. The average Bonchev–Trinajstić information content (AvgIpc) is 2.92. The SMILES string of the molecule is O=CN1[C@@H]2CC[C@H]1CN(C(=O)N(c1ccc(F)cc1)c1ccc(F)cc1)C2. The zero-order chi connectivity index (χ0) is 19.0. The fraction of sp³-hybridized carbons (Fsp3) is 0.300. The molecule has 0 saturated carbocycles. The Labute approximate surface area is 155 Å². The van der Waals surface area contributed by atoms with Gasteiger partial charge in [0.2, 0.25) is 6.41 Å². The molecular weight excluding hydrogens is 352 g/mol. The second kappa shape index (κ2) is 6.98. The van der Waals surface area contributed by atoms with Crippen molar-refractivity contribution >= 4 is 23.8 Å². The van der Waals surface area contributed by atoms with Crippen molar-refractivity contribution < 1.29 is 18.4 Å². The smallest absolute Gasteiger partial charge is 0.329 e. The van der Waals surface area contributed by atoms with Crippen LogP contribution in [-0.4, -0.2) is 47.4 Å². The number of piperazine rings is 1. The van der Waals surface area contributed by atoms with E-state index >= 15 is 0 Å². The van der Waals surface area contributed by atoms with E-state index in [1.165, 1.54) is 53.4 Å². The van der Waals surface area contributed by atoms with Crippen LogP contribution in [-0.2, 0) is 4.79 Å². The molecule has 27 heavy (non-hydrogen) atoms. The molecule has 5 nitrogen and oxygen atoms in total. The highest BCUT2D eigenvalue weighted by molar-refractivity contribution is 5.99. The molecule has 2 fully saturated rings. The number of urea groups is 1. The molecule has 2 heterocycles. The molecule has 2 saturated heterocycles. The zero-order valence-electron chi connectivity index (χ0n) is 14.6. The van der Waals surface area contributed by atoms with Gasteiger partial charge in [0.15, 0.2) is 0 Å². The Morgan fingerprint density at radius 3 is 1.74 bits per heavy atom. The van der Waals surface area contributed by atoms with Crippen LogP contribution in [0.25, 0.3) is 0 Å². The molecular formula is C20H19F2N3O2. The standard InChI is InChI=1S/C20H19F2N3O2/c21-14-1-5-16(6-2-14)25(17-7-3-15(22)4-8-17)20(27)23-11-18-9-10-19(12-23)24(18)13-26/h1-8,13,18-19H,9-12H2/t18-,19+. The van der Waals surface area contributed by atoms with Gasteiger partial charge in [0.1, 0.15) is 11.6 Å². The molecule has 2 aromatic carbocycles. The van der Waals surface area contributed by atoms with Gasteiger partial charge in [-0.05, 0) is 61.4 Å². The molecule has 2 aliphatic heterocycles. The number of rotatable bonds is 3. The number of hydrogen-bond acceptors (Lipinski definition) is 2. The summed E-state index contributed by atoms with van der Waals surface area (Å²) in [7, 11) is 0. The van der Waals surface area contributed by atoms with Gasteiger partial charge >= 0.3 is 6.03 Å². The molecule has 0 unspecified atom stereocenters. The second-order valence-electron chi connectivity index (χ2n) is 6.91. The number of anilines is 2. The van der Waals surface area contributed by atoms with E-state index in [0.717, 1.165) is 19.3 Å². The number of carbonyl (C=O) groups excluding carboxylic acids is 2. The van der Waals surface area contributed by atoms with E-state index in [4.69, 9.17) is 0 Å². The molecule has 0 aliphatic carbocycles. The summed E-state index contributed by atoms with van der Waals surface area (Å²) in [5.41, 5.74) is 0.997. The van der Waals surface area contributed by atoms with Gasteiger partial charge in [0.05, 0.1) is 11.4 Å². The third-order valence-electron chi connectivity index (χ3n) is 5.29. The van der Waals surface area contributed by atoms with Crippen LogP contribution in [0.2, 0.25) is 0 Å². The number of nitrogens with zero attached hydrogens (tertiary/aromatic N) is 3. The first-order valence-electron chi connectivity index (χ1n) is 8.89. The van der Waals surface area contributed by atoms with Gasteiger partial charge in [-0.2, -0.15) is 0 Å². The van der Waals surface area contributed by atoms with Crippen LogP contribution in [0.4, 0.5) is 25.0 Å². The predicted octanol–water partition coefficient (Wildman–Crippen LogP) is 3.53. The quantitative estimate of drug-likeness (QED) is 0.775. The highest BCUT2D eigenvalue weighted by Crippen LogP contribution is 2.32. The van der Waals surface area contributed by atoms with Crippen molar-refractivity contribution in [2.24, 2.45) is 0 Å². The van der Waals surface area contributed by atoms with Gasteiger partial charge in [-0.15, -0.1) is 0 Å². The Morgan fingerprint density at radius 2 is 1.33 bits per heavy atom. The maximum atomic E-state index is 13.4. The van der Waals surface area contributed by atoms with Crippen molar-refractivity contribution in [1.29, 1.82) is 0 Å². The van der Waals surface area contributed by atoms with Gasteiger partial charge in [-0.1, -0.05) is 0 Å². The fourth-order valence-corrected chi connectivity index (χ4v) is 3.96. The lowest BCUT2D eigenvalue weighted by Crippen LogP contribution is -2.57. The minimum Gasteiger partial charge on any atom is -0.336 e. The van der Waals surface area contributed by atoms with Crippen LogP contribution in [0.15, 0.2) is 48.5 Å². The van der Waals surface area contributed by atoms with E-state index < -0.39 is 11.6 Å². The Bertz CT molecular complexity index is 782. The summed E-state index contributed by atoms with van der Waals surface area (Å²) in [6.45, 7) is 0.903. The van der Waals surface area contributed by atoms with E-state index in [1.54, 1.807) is 9.80 Å². The second-order valence-corrected chi connectivity index (χ2v) is 6.91.